The highest BCUT2D eigenvalue weighted by atomic mass is 16.4. The van der Waals surface area contributed by atoms with Gasteiger partial charge in [-0.2, -0.15) is 0 Å². The van der Waals surface area contributed by atoms with Crippen LogP contribution >= 0.6 is 0 Å². The lowest BCUT2D eigenvalue weighted by molar-refractivity contribution is -0.139. The monoisotopic (exact) mass is 301 g/mol. The van der Waals surface area contributed by atoms with Crippen molar-refractivity contribution < 1.29 is 19.5 Å². The molecule has 0 aromatic rings. The Morgan fingerprint density at radius 3 is 2.33 bits per heavy atom. The first kappa shape index (κ1) is 19.2. The van der Waals surface area contributed by atoms with Crippen molar-refractivity contribution in [3.8, 4) is 0 Å². The zero-order valence-corrected chi connectivity index (χ0v) is 12.9. The molecule has 0 heterocycles. The summed E-state index contributed by atoms with van der Waals surface area (Å²) in [5, 5.41) is 14.0. The van der Waals surface area contributed by atoms with Crippen molar-refractivity contribution in [1.82, 2.24) is 10.6 Å². The van der Waals surface area contributed by atoms with E-state index in [-0.39, 0.29) is 12.8 Å². The molecule has 21 heavy (non-hydrogen) atoms. The summed E-state index contributed by atoms with van der Waals surface area (Å²) in [5.41, 5.74) is 4.97. The Morgan fingerprint density at radius 2 is 1.86 bits per heavy atom. The summed E-state index contributed by atoms with van der Waals surface area (Å²) in [7, 11) is 0. The van der Waals surface area contributed by atoms with Gasteiger partial charge in [0.1, 0.15) is 6.04 Å². The van der Waals surface area contributed by atoms with Gasteiger partial charge in [-0.15, -0.1) is 0 Å². The molecule has 0 aliphatic heterocycles. The first-order chi connectivity index (χ1) is 9.90. The highest BCUT2D eigenvalue weighted by molar-refractivity contribution is 5.83. The molecular weight excluding hydrogens is 274 g/mol. The molecule has 7 nitrogen and oxygen atoms in total. The number of hydrogen-bond acceptors (Lipinski definition) is 3. The van der Waals surface area contributed by atoms with Crippen LogP contribution in [0.5, 0.6) is 0 Å². The number of hydrogen-bond donors (Lipinski definition) is 4. The van der Waals surface area contributed by atoms with E-state index in [0.29, 0.717) is 12.5 Å². The summed E-state index contributed by atoms with van der Waals surface area (Å²) in [6.45, 7) is 4.69. The smallest absolute Gasteiger partial charge is 0.326 e. The molecule has 2 atom stereocenters. The molecule has 0 aromatic carbocycles. The summed E-state index contributed by atoms with van der Waals surface area (Å²) < 4.78 is 0. The highest BCUT2D eigenvalue weighted by Gasteiger charge is 2.20. The van der Waals surface area contributed by atoms with Crippen molar-refractivity contribution in [1.29, 1.82) is 0 Å². The Balaban J connectivity index is 4.18. The molecule has 1 unspecified atom stereocenters. The second kappa shape index (κ2) is 10.9. The van der Waals surface area contributed by atoms with Crippen molar-refractivity contribution >= 4 is 17.9 Å². The molecular formula is C14H27N3O4. The first-order valence-electron chi connectivity index (χ1n) is 7.46. The van der Waals surface area contributed by atoms with E-state index in [1.807, 2.05) is 0 Å². The Labute approximate surface area is 125 Å². The zero-order chi connectivity index (χ0) is 16.3. The van der Waals surface area contributed by atoms with Gasteiger partial charge in [-0.1, -0.05) is 33.1 Å². The standard InChI is InChI=1S/C14H27N3O4/c1-3-5-6-10(4-2)9-16-14(21)17-11(13(19)20)7-8-12(15)18/h10-11H,3-9H2,1-2H3,(H2,15,18)(H,19,20)(H2,16,17,21)/t10?,11-/m0/s1. The third-order valence-electron chi connectivity index (χ3n) is 3.38. The number of amides is 3. The van der Waals surface area contributed by atoms with Crippen LogP contribution in [0.2, 0.25) is 0 Å². The average Bonchev–Trinajstić information content (AvgIpc) is 2.43. The summed E-state index contributed by atoms with van der Waals surface area (Å²) in [5.74, 6) is -1.37. The van der Waals surface area contributed by atoms with Gasteiger partial charge in [-0.05, 0) is 18.8 Å². The van der Waals surface area contributed by atoms with E-state index >= 15 is 0 Å². The maximum atomic E-state index is 11.7. The van der Waals surface area contributed by atoms with Crippen LogP contribution in [0.25, 0.3) is 0 Å². The van der Waals surface area contributed by atoms with Crippen molar-refractivity contribution in [2.45, 2.75) is 58.4 Å². The summed E-state index contributed by atoms with van der Waals surface area (Å²) in [6, 6.07) is -1.63. The third kappa shape index (κ3) is 9.70. The molecule has 122 valence electrons. The number of primary amides is 1. The van der Waals surface area contributed by atoms with E-state index in [9.17, 15) is 14.4 Å². The topological polar surface area (TPSA) is 122 Å². The van der Waals surface area contributed by atoms with Gasteiger partial charge >= 0.3 is 12.0 Å². The SMILES string of the molecule is CCCCC(CC)CNC(=O)N[C@@H](CCC(N)=O)C(=O)O. The number of carboxylic acid groups (broad SMARTS) is 1. The number of carbonyl (C=O) groups excluding carboxylic acids is 2. The van der Waals surface area contributed by atoms with Crippen LogP contribution in [0, 0.1) is 5.92 Å². The largest absolute Gasteiger partial charge is 0.480 e. The molecule has 0 saturated carbocycles. The molecule has 7 heteroatoms. The lowest BCUT2D eigenvalue weighted by Gasteiger charge is -2.18. The summed E-state index contributed by atoms with van der Waals surface area (Å²) >= 11 is 0. The molecule has 0 aliphatic carbocycles. The zero-order valence-electron chi connectivity index (χ0n) is 12.9. The molecule has 0 saturated heterocycles. The number of carboxylic acids is 1. The average molecular weight is 301 g/mol. The lowest BCUT2D eigenvalue weighted by Crippen LogP contribution is -2.47. The number of aliphatic carboxylic acids is 1. The third-order valence-corrected chi connectivity index (χ3v) is 3.38. The van der Waals surface area contributed by atoms with E-state index < -0.39 is 23.9 Å². The van der Waals surface area contributed by atoms with Crippen LogP contribution in [-0.4, -0.2) is 35.6 Å². The van der Waals surface area contributed by atoms with E-state index in [1.54, 1.807) is 0 Å². The number of rotatable bonds is 11. The van der Waals surface area contributed by atoms with Crippen LogP contribution in [0.1, 0.15) is 52.4 Å². The molecule has 0 aliphatic rings. The molecule has 0 fully saturated rings. The van der Waals surface area contributed by atoms with Crippen molar-refractivity contribution in [2.75, 3.05) is 6.54 Å². The number of unbranched alkanes of at least 4 members (excludes halogenated alkanes) is 1. The predicted molar refractivity (Wildman–Crippen MR) is 79.7 cm³/mol. The molecule has 0 rings (SSSR count). The molecule has 0 bridgehead atoms. The molecule has 5 N–H and O–H groups in total. The maximum absolute atomic E-state index is 11.7. The van der Waals surface area contributed by atoms with Gasteiger partial charge in [0.2, 0.25) is 5.91 Å². The Kier molecular flexibility index (Phi) is 10.0. The molecule has 0 spiro atoms. The van der Waals surface area contributed by atoms with Crippen molar-refractivity contribution in [3.05, 3.63) is 0 Å². The second-order valence-corrected chi connectivity index (χ2v) is 5.17. The minimum atomic E-state index is -1.18. The van der Waals surface area contributed by atoms with Gasteiger partial charge in [0, 0.05) is 13.0 Å². The molecule has 0 aromatic heterocycles. The van der Waals surface area contributed by atoms with Gasteiger partial charge in [0.05, 0.1) is 0 Å². The molecule has 0 radical (unpaired) electrons. The summed E-state index contributed by atoms with van der Waals surface area (Å²) in [6.07, 6.45) is 4.13. The van der Waals surface area contributed by atoms with Gasteiger partial charge in [0.25, 0.3) is 0 Å². The number of urea groups is 1. The van der Waals surface area contributed by atoms with Crippen LogP contribution < -0.4 is 16.4 Å². The van der Waals surface area contributed by atoms with E-state index in [2.05, 4.69) is 24.5 Å². The maximum Gasteiger partial charge on any atom is 0.326 e. The van der Waals surface area contributed by atoms with E-state index in [0.717, 1.165) is 25.7 Å². The predicted octanol–water partition coefficient (Wildman–Crippen LogP) is 1.22. The fourth-order valence-electron chi connectivity index (χ4n) is 1.93. The van der Waals surface area contributed by atoms with E-state index in [4.69, 9.17) is 10.8 Å². The van der Waals surface area contributed by atoms with Crippen LogP contribution in [-0.2, 0) is 9.59 Å². The van der Waals surface area contributed by atoms with Gasteiger partial charge in [-0.25, -0.2) is 9.59 Å². The van der Waals surface area contributed by atoms with Crippen molar-refractivity contribution in [2.24, 2.45) is 11.7 Å². The van der Waals surface area contributed by atoms with Gasteiger partial charge in [0.15, 0.2) is 0 Å². The quantitative estimate of drug-likeness (QED) is 0.458. The Bertz CT molecular complexity index is 347. The minimum absolute atomic E-state index is 0.00880. The van der Waals surface area contributed by atoms with E-state index in [1.165, 1.54) is 0 Å². The van der Waals surface area contributed by atoms with Crippen molar-refractivity contribution in [3.63, 3.8) is 0 Å². The first-order valence-corrected chi connectivity index (χ1v) is 7.46. The Morgan fingerprint density at radius 1 is 1.19 bits per heavy atom. The number of nitrogens with one attached hydrogen (secondary N) is 2. The fourth-order valence-corrected chi connectivity index (χ4v) is 1.93. The normalized spacial score (nSPS) is 13.2. The lowest BCUT2D eigenvalue weighted by atomic mass is 9.99. The highest BCUT2D eigenvalue weighted by Crippen LogP contribution is 2.11. The van der Waals surface area contributed by atoms with Gasteiger partial charge < -0.3 is 21.5 Å². The minimum Gasteiger partial charge on any atom is -0.480 e. The Hall–Kier alpha value is -1.79. The number of nitrogens with two attached hydrogens (primary N) is 1. The fraction of sp³-hybridized carbons (Fsp3) is 0.786. The number of carbonyl (C=O) groups is 3. The van der Waals surface area contributed by atoms with Crippen LogP contribution in [0.4, 0.5) is 4.79 Å². The molecule has 3 amide bonds. The second-order valence-electron chi connectivity index (χ2n) is 5.17. The summed E-state index contributed by atoms with van der Waals surface area (Å²) in [4.78, 5) is 33.4. The van der Waals surface area contributed by atoms with Crippen LogP contribution in [0.3, 0.4) is 0 Å². The van der Waals surface area contributed by atoms with Crippen LogP contribution in [0.15, 0.2) is 0 Å². The van der Waals surface area contributed by atoms with Gasteiger partial charge in [-0.3, -0.25) is 4.79 Å².